The number of aliphatic hydroxyl groups is 1. The third-order valence-corrected chi connectivity index (χ3v) is 3.48. The minimum Gasteiger partial charge on any atom is -0.396 e. The van der Waals surface area contributed by atoms with Crippen molar-refractivity contribution in [3.8, 4) is 0 Å². The molecule has 0 unspecified atom stereocenters. The van der Waals surface area contributed by atoms with Gasteiger partial charge in [-0.3, -0.25) is 4.79 Å². The first-order valence-electron chi connectivity index (χ1n) is 6.52. The van der Waals surface area contributed by atoms with Crippen molar-refractivity contribution in [2.75, 3.05) is 18.5 Å². The number of hydrogen-bond donors (Lipinski definition) is 2. The van der Waals surface area contributed by atoms with Crippen LogP contribution in [0.25, 0.3) is 0 Å². The molecule has 0 fully saturated rings. The molecule has 5 nitrogen and oxygen atoms in total. The lowest BCUT2D eigenvalue weighted by molar-refractivity contribution is -0.143. The Bertz CT molecular complexity index is 506. The lowest BCUT2D eigenvalue weighted by Gasteiger charge is -2.11. The van der Waals surface area contributed by atoms with Gasteiger partial charge < -0.3 is 10.4 Å². The van der Waals surface area contributed by atoms with E-state index in [-0.39, 0.29) is 11.1 Å². The third-order valence-electron chi connectivity index (χ3n) is 2.71. The summed E-state index contributed by atoms with van der Waals surface area (Å²) in [4.78, 5) is 11.7. The zero-order valence-corrected chi connectivity index (χ0v) is 12.9. The number of rotatable bonds is 8. The highest BCUT2D eigenvalue weighted by Crippen LogP contribution is 2.19. The van der Waals surface area contributed by atoms with Gasteiger partial charge in [-0.15, -0.1) is 0 Å². The smallest absolute Gasteiger partial charge is 0.396 e. The molecule has 0 bridgehead atoms. The minimum atomic E-state index is -4.49. The Labute approximate surface area is 128 Å². The van der Waals surface area contributed by atoms with Crippen molar-refractivity contribution in [2.24, 2.45) is 0 Å². The fourth-order valence-electron chi connectivity index (χ4n) is 1.68. The molecular weight excluding hydrogens is 355 g/mol. The Kier molecular flexibility index (Phi) is 7.16. The van der Waals surface area contributed by atoms with E-state index in [9.17, 15) is 18.0 Å². The van der Waals surface area contributed by atoms with Crippen molar-refractivity contribution in [3.63, 3.8) is 0 Å². The van der Waals surface area contributed by atoms with E-state index in [1.165, 1.54) is 6.20 Å². The van der Waals surface area contributed by atoms with Crippen LogP contribution in [0, 0.1) is 0 Å². The summed E-state index contributed by atoms with van der Waals surface area (Å²) >= 11 is 3.00. The molecule has 0 aromatic carbocycles. The van der Waals surface area contributed by atoms with Crippen LogP contribution < -0.4 is 10.9 Å². The molecule has 0 spiro atoms. The van der Waals surface area contributed by atoms with Crippen LogP contribution >= 0.6 is 15.9 Å². The summed E-state index contributed by atoms with van der Waals surface area (Å²) in [5, 5.41) is 15.1. The molecular formula is C12H17BrF3N3O2. The Morgan fingerprint density at radius 1 is 1.29 bits per heavy atom. The van der Waals surface area contributed by atoms with Crippen LogP contribution in [0.15, 0.2) is 15.5 Å². The predicted octanol–water partition coefficient (Wildman–Crippen LogP) is 2.53. The second-order valence-electron chi connectivity index (χ2n) is 4.51. The van der Waals surface area contributed by atoms with Gasteiger partial charge in [0.15, 0.2) is 0 Å². The Morgan fingerprint density at radius 3 is 2.57 bits per heavy atom. The van der Waals surface area contributed by atoms with Crippen LogP contribution in [-0.2, 0) is 6.54 Å². The molecule has 0 aliphatic rings. The van der Waals surface area contributed by atoms with E-state index >= 15 is 0 Å². The molecule has 120 valence electrons. The van der Waals surface area contributed by atoms with E-state index in [1.54, 1.807) is 0 Å². The highest BCUT2D eigenvalue weighted by atomic mass is 79.9. The molecule has 0 saturated heterocycles. The van der Waals surface area contributed by atoms with Gasteiger partial charge in [0, 0.05) is 13.2 Å². The monoisotopic (exact) mass is 371 g/mol. The number of nitrogens with one attached hydrogen (secondary N) is 1. The lowest BCUT2D eigenvalue weighted by atomic mass is 10.2. The zero-order chi connectivity index (χ0) is 15.9. The molecule has 21 heavy (non-hydrogen) atoms. The number of halogens is 4. The maximum absolute atomic E-state index is 12.3. The fraction of sp³-hybridized carbons (Fsp3) is 0.667. The third kappa shape index (κ3) is 6.47. The van der Waals surface area contributed by atoms with Gasteiger partial charge in [0.05, 0.1) is 11.9 Å². The van der Waals surface area contributed by atoms with Crippen LogP contribution in [0.2, 0.25) is 0 Å². The summed E-state index contributed by atoms with van der Waals surface area (Å²) in [5.74, 6) is 0. The number of aliphatic hydroxyl groups excluding tert-OH is 1. The van der Waals surface area contributed by atoms with E-state index in [4.69, 9.17) is 5.11 Å². The average Bonchev–Trinajstić information content (AvgIpc) is 2.40. The molecule has 1 aromatic rings. The molecule has 0 atom stereocenters. The van der Waals surface area contributed by atoms with Crippen LogP contribution in [-0.4, -0.2) is 34.2 Å². The van der Waals surface area contributed by atoms with Crippen LogP contribution in [0.3, 0.4) is 0 Å². The normalized spacial score (nSPS) is 11.7. The van der Waals surface area contributed by atoms with E-state index < -0.39 is 18.3 Å². The maximum atomic E-state index is 12.3. The average molecular weight is 372 g/mol. The molecule has 1 heterocycles. The lowest BCUT2D eigenvalue weighted by Crippen LogP contribution is -2.31. The number of aromatic nitrogens is 2. The molecule has 2 N–H and O–H groups in total. The van der Waals surface area contributed by atoms with Gasteiger partial charge >= 0.3 is 6.18 Å². The molecule has 9 heteroatoms. The van der Waals surface area contributed by atoms with E-state index in [0.717, 1.165) is 25.7 Å². The minimum absolute atomic E-state index is 0.0390. The van der Waals surface area contributed by atoms with Gasteiger partial charge in [0.2, 0.25) is 0 Å². The summed E-state index contributed by atoms with van der Waals surface area (Å²) < 4.78 is 37.2. The van der Waals surface area contributed by atoms with Crippen LogP contribution in [0.4, 0.5) is 18.9 Å². The van der Waals surface area contributed by atoms with Gasteiger partial charge in [-0.05, 0) is 28.8 Å². The zero-order valence-electron chi connectivity index (χ0n) is 11.3. The van der Waals surface area contributed by atoms with Crippen molar-refractivity contribution in [1.29, 1.82) is 0 Å². The van der Waals surface area contributed by atoms with E-state index in [2.05, 4.69) is 26.3 Å². The Balaban J connectivity index is 2.57. The first-order valence-corrected chi connectivity index (χ1v) is 7.31. The molecule has 0 amide bonds. The predicted molar refractivity (Wildman–Crippen MR) is 76.3 cm³/mol. The number of anilines is 1. The summed E-state index contributed by atoms with van der Waals surface area (Å²) in [5.41, 5.74) is -0.446. The van der Waals surface area contributed by atoms with Crippen molar-refractivity contribution >= 4 is 21.6 Å². The number of alkyl halides is 3. The number of nitrogens with zero attached hydrogens (tertiary/aromatic N) is 2. The second kappa shape index (κ2) is 8.38. The first-order chi connectivity index (χ1) is 9.85. The summed E-state index contributed by atoms with van der Waals surface area (Å²) in [6.07, 6.45) is 0.119. The first kappa shape index (κ1) is 18.0. The van der Waals surface area contributed by atoms with Crippen molar-refractivity contribution in [3.05, 3.63) is 21.0 Å². The number of unbranched alkanes of at least 4 members (excludes halogenated alkanes) is 3. The topological polar surface area (TPSA) is 67.2 Å². The summed E-state index contributed by atoms with van der Waals surface area (Å²) in [6.45, 7) is -0.666. The number of hydrogen-bond acceptors (Lipinski definition) is 4. The van der Waals surface area contributed by atoms with Gasteiger partial charge in [-0.25, -0.2) is 4.68 Å². The highest BCUT2D eigenvalue weighted by molar-refractivity contribution is 9.10. The van der Waals surface area contributed by atoms with E-state index in [1.807, 2.05) is 0 Å². The van der Waals surface area contributed by atoms with Crippen molar-refractivity contribution in [1.82, 2.24) is 9.78 Å². The van der Waals surface area contributed by atoms with Crippen molar-refractivity contribution < 1.29 is 18.3 Å². The second-order valence-corrected chi connectivity index (χ2v) is 5.31. The molecule has 1 rings (SSSR count). The van der Waals surface area contributed by atoms with Gasteiger partial charge in [0.1, 0.15) is 11.0 Å². The summed E-state index contributed by atoms with van der Waals surface area (Å²) in [6, 6.07) is 0. The fourth-order valence-corrected chi connectivity index (χ4v) is 2.13. The van der Waals surface area contributed by atoms with Crippen molar-refractivity contribution in [2.45, 2.75) is 38.4 Å². The maximum Gasteiger partial charge on any atom is 0.408 e. The SMILES string of the molecule is O=c1c(Br)c(NCCCCCCO)cnn1CC(F)(F)F. The Hall–Kier alpha value is -1.09. The van der Waals surface area contributed by atoms with E-state index in [0.29, 0.717) is 16.9 Å². The molecule has 0 aliphatic heterocycles. The van der Waals surface area contributed by atoms with Gasteiger partial charge in [-0.2, -0.15) is 18.3 Å². The van der Waals surface area contributed by atoms with Crippen LogP contribution in [0.1, 0.15) is 25.7 Å². The largest absolute Gasteiger partial charge is 0.408 e. The molecule has 0 aliphatic carbocycles. The van der Waals surface area contributed by atoms with Gasteiger partial charge in [-0.1, -0.05) is 12.8 Å². The van der Waals surface area contributed by atoms with Gasteiger partial charge in [0.25, 0.3) is 5.56 Å². The molecule has 1 aromatic heterocycles. The molecule has 0 saturated carbocycles. The quantitative estimate of drug-likeness (QED) is 0.689. The standard InChI is InChI=1S/C12H17BrF3N3O2/c13-10-9(17-5-3-1-2-4-6-20)7-18-19(11(10)21)8-12(14,15)16/h7,17,20H,1-6,8H2. The molecule has 0 radical (unpaired) electrons. The summed E-state index contributed by atoms with van der Waals surface area (Å²) in [7, 11) is 0. The Morgan fingerprint density at radius 2 is 1.95 bits per heavy atom. The van der Waals surface area contributed by atoms with Crippen LogP contribution in [0.5, 0.6) is 0 Å². The highest BCUT2D eigenvalue weighted by Gasteiger charge is 2.29.